The lowest BCUT2D eigenvalue weighted by Gasteiger charge is -2.18. The van der Waals surface area contributed by atoms with Crippen LogP contribution in [0.15, 0.2) is 54.6 Å². The van der Waals surface area contributed by atoms with Crippen molar-refractivity contribution >= 4 is 15.9 Å². The maximum Gasteiger partial charge on any atom is 0.120 e. The molecular formula is C19H23BrO. The van der Waals surface area contributed by atoms with Gasteiger partial charge in [0.1, 0.15) is 12.4 Å². The first-order valence-electron chi connectivity index (χ1n) is 7.50. The summed E-state index contributed by atoms with van der Waals surface area (Å²) in [6.07, 6.45) is 1.09. The molecule has 0 heterocycles. The molecule has 0 radical (unpaired) electrons. The van der Waals surface area contributed by atoms with E-state index < -0.39 is 0 Å². The lowest BCUT2D eigenvalue weighted by atomic mass is 9.91. The summed E-state index contributed by atoms with van der Waals surface area (Å²) >= 11 is 3.62. The van der Waals surface area contributed by atoms with Gasteiger partial charge in [-0.25, -0.2) is 0 Å². The summed E-state index contributed by atoms with van der Waals surface area (Å²) in [6, 6.07) is 18.8. The summed E-state index contributed by atoms with van der Waals surface area (Å²) in [4.78, 5) is 0. The molecule has 0 N–H and O–H groups in total. The minimum Gasteiger partial charge on any atom is -0.489 e. The molecule has 0 saturated carbocycles. The van der Waals surface area contributed by atoms with E-state index in [1.54, 1.807) is 0 Å². The van der Waals surface area contributed by atoms with Gasteiger partial charge in [0.05, 0.1) is 0 Å². The van der Waals surface area contributed by atoms with Crippen molar-refractivity contribution in [3.63, 3.8) is 0 Å². The number of benzene rings is 2. The lowest BCUT2D eigenvalue weighted by Crippen LogP contribution is -2.13. The van der Waals surface area contributed by atoms with E-state index in [0.717, 1.165) is 17.5 Å². The van der Waals surface area contributed by atoms with Gasteiger partial charge in [-0.05, 0) is 41.5 Å². The van der Waals surface area contributed by atoms with E-state index >= 15 is 0 Å². The molecule has 0 unspecified atom stereocenters. The van der Waals surface area contributed by atoms with Gasteiger partial charge in [0.25, 0.3) is 0 Å². The first-order valence-corrected chi connectivity index (χ1v) is 8.63. The number of ether oxygens (including phenoxy) is 1. The Balaban J connectivity index is 1.97. The van der Waals surface area contributed by atoms with Gasteiger partial charge in [-0.2, -0.15) is 0 Å². The van der Waals surface area contributed by atoms with Crippen molar-refractivity contribution in [3.8, 4) is 5.75 Å². The van der Waals surface area contributed by atoms with Crippen LogP contribution in [0.3, 0.4) is 0 Å². The van der Waals surface area contributed by atoms with E-state index in [1.165, 1.54) is 11.1 Å². The second-order valence-corrected chi connectivity index (χ2v) is 6.43. The Kier molecular flexibility index (Phi) is 6.31. The van der Waals surface area contributed by atoms with Crippen molar-refractivity contribution in [1.82, 2.24) is 0 Å². The van der Waals surface area contributed by atoms with Crippen LogP contribution in [0.2, 0.25) is 0 Å². The summed E-state index contributed by atoms with van der Waals surface area (Å²) in [5, 5.41) is 1.04. The molecule has 2 heteroatoms. The van der Waals surface area contributed by atoms with Crippen molar-refractivity contribution in [3.05, 3.63) is 65.7 Å². The first kappa shape index (κ1) is 16.1. The number of hydrogen-bond donors (Lipinski definition) is 0. The quantitative estimate of drug-likeness (QED) is 0.603. The topological polar surface area (TPSA) is 9.23 Å². The van der Waals surface area contributed by atoms with Crippen molar-refractivity contribution in [2.75, 3.05) is 5.33 Å². The maximum atomic E-state index is 5.90. The van der Waals surface area contributed by atoms with Gasteiger partial charge < -0.3 is 4.74 Å². The van der Waals surface area contributed by atoms with Crippen LogP contribution in [-0.2, 0) is 13.0 Å². The number of hydrogen-bond acceptors (Lipinski definition) is 1. The van der Waals surface area contributed by atoms with Crippen molar-refractivity contribution in [2.45, 2.75) is 26.9 Å². The highest BCUT2D eigenvalue weighted by atomic mass is 79.9. The highest BCUT2D eigenvalue weighted by molar-refractivity contribution is 9.09. The predicted molar refractivity (Wildman–Crippen MR) is 93.0 cm³/mol. The SMILES string of the molecule is CC(C)[C@H](CBr)Cc1cccc(OCc2ccccc2)c1. The Morgan fingerprint density at radius 2 is 1.67 bits per heavy atom. The van der Waals surface area contributed by atoms with Crippen LogP contribution in [0.1, 0.15) is 25.0 Å². The van der Waals surface area contributed by atoms with Crippen molar-refractivity contribution in [2.24, 2.45) is 11.8 Å². The molecule has 0 fully saturated rings. The molecular weight excluding hydrogens is 324 g/mol. The summed E-state index contributed by atoms with van der Waals surface area (Å²) in [7, 11) is 0. The zero-order valence-electron chi connectivity index (χ0n) is 12.8. The zero-order valence-corrected chi connectivity index (χ0v) is 14.3. The van der Waals surface area contributed by atoms with Crippen molar-refractivity contribution < 1.29 is 4.74 Å². The van der Waals surface area contributed by atoms with E-state index in [4.69, 9.17) is 4.74 Å². The fourth-order valence-electron chi connectivity index (χ4n) is 2.27. The van der Waals surface area contributed by atoms with Crippen molar-refractivity contribution in [1.29, 1.82) is 0 Å². The third-order valence-electron chi connectivity index (χ3n) is 3.79. The normalized spacial score (nSPS) is 12.4. The van der Waals surface area contributed by atoms with Crippen LogP contribution in [-0.4, -0.2) is 5.33 Å². The minimum absolute atomic E-state index is 0.621. The summed E-state index contributed by atoms with van der Waals surface area (Å²) < 4.78 is 5.90. The smallest absolute Gasteiger partial charge is 0.120 e. The third kappa shape index (κ3) is 5.20. The average molecular weight is 347 g/mol. The largest absolute Gasteiger partial charge is 0.489 e. The van der Waals surface area contributed by atoms with Crippen LogP contribution >= 0.6 is 15.9 Å². The van der Waals surface area contributed by atoms with Crippen LogP contribution in [0.25, 0.3) is 0 Å². The molecule has 0 saturated heterocycles. The Bertz CT molecular complexity index is 536. The number of alkyl halides is 1. The van der Waals surface area contributed by atoms with E-state index in [-0.39, 0.29) is 0 Å². The molecule has 0 aliphatic carbocycles. The van der Waals surface area contributed by atoms with E-state index in [1.807, 2.05) is 24.3 Å². The lowest BCUT2D eigenvalue weighted by molar-refractivity contribution is 0.305. The van der Waals surface area contributed by atoms with Gasteiger partial charge in [-0.15, -0.1) is 0 Å². The van der Waals surface area contributed by atoms with Crippen LogP contribution in [0.5, 0.6) is 5.75 Å². The average Bonchev–Trinajstić information content (AvgIpc) is 2.52. The second-order valence-electron chi connectivity index (χ2n) is 5.78. The highest BCUT2D eigenvalue weighted by Gasteiger charge is 2.12. The van der Waals surface area contributed by atoms with Gasteiger partial charge in [-0.1, -0.05) is 72.2 Å². The van der Waals surface area contributed by atoms with Gasteiger partial charge in [0.15, 0.2) is 0 Å². The molecule has 2 rings (SSSR count). The maximum absolute atomic E-state index is 5.90. The second kappa shape index (κ2) is 8.23. The Labute approximate surface area is 136 Å². The fraction of sp³-hybridized carbons (Fsp3) is 0.368. The molecule has 21 heavy (non-hydrogen) atoms. The molecule has 2 aromatic rings. The monoisotopic (exact) mass is 346 g/mol. The molecule has 0 aliphatic rings. The Morgan fingerprint density at radius 3 is 2.33 bits per heavy atom. The summed E-state index contributed by atoms with van der Waals surface area (Å²) in [5.41, 5.74) is 2.54. The number of halogens is 1. The van der Waals surface area contributed by atoms with Gasteiger partial charge in [-0.3, -0.25) is 0 Å². The van der Waals surface area contributed by atoms with Gasteiger partial charge in [0.2, 0.25) is 0 Å². The predicted octanol–water partition coefficient (Wildman–Crippen LogP) is 5.48. The Morgan fingerprint density at radius 1 is 0.952 bits per heavy atom. The first-order chi connectivity index (χ1) is 10.2. The van der Waals surface area contributed by atoms with Gasteiger partial charge >= 0.3 is 0 Å². The molecule has 1 atom stereocenters. The van der Waals surface area contributed by atoms with E-state index in [9.17, 15) is 0 Å². The van der Waals surface area contributed by atoms with Crippen LogP contribution < -0.4 is 4.74 Å². The molecule has 0 bridgehead atoms. The minimum atomic E-state index is 0.621. The molecule has 0 aromatic heterocycles. The molecule has 112 valence electrons. The standard InChI is InChI=1S/C19H23BrO/c1-15(2)18(13-20)11-17-9-6-10-19(12-17)21-14-16-7-4-3-5-8-16/h3-10,12,15,18H,11,13-14H2,1-2H3/t18-/m0/s1. The summed E-state index contributed by atoms with van der Waals surface area (Å²) in [5.74, 6) is 2.29. The Hall–Kier alpha value is -1.28. The molecule has 2 aromatic carbocycles. The number of rotatable bonds is 7. The van der Waals surface area contributed by atoms with Crippen LogP contribution in [0, 0.1) is 11.8 Å². The third-order valence-corrected chi connectivity index (χ3v) is 4.62. The molecule has 0 amide bonds. The molecule has 0 aliphatic heterocycles. The van der Waals surface area contributed by atoms with Crippen LogP contribution in [0.4, 0.5) is 0 Å². The zero-order chi connectivity index (χ0) is 15.1. The van der Waals surface area contributed by atoms with Gasteiger partial charge in [0, 0.05) is 5.33 Å². The highest BCUT2D eigenvalue weighted by Crippen LogP contribution is 2.22. The summed E-state index contributed by atoms with van der Waals surface area (Å²) in [6.45, 7) is 5.18. The fourth-order valence-corrected chi connectivity index (χ4v) is 3.25. The van der Waals surface area contributed by atoms with E-state index in [0.29, 0.717) is 18.4 Å². The van der Waals surface area contributed by atoms with E-state index in [2.05, 4.69) is 60.1 Å². The molecule has 0 spiro atoms. The molecule has 1 nitrogen and oxygen atoms in total.